The van der Waals surface area contributed by atoms with Gasteiger partial charge < -0.3 is 15.1 Å². The van der Waals surface area contributed by atoms with Crippen LogP contribution in [0.15, 0.2) is 59.0 Å². The van der Waals surface area contributed by atoms with Crippen molar-refractivity contribution < 1.29 is 14.0 Å². The average Bonchev–Trinajstić information content (AvgIpc) is 3.14. The van der Waals surface area contributed by atoms with Gasteiger partial charge >= 0.3 is 0 Å². The molecule has 0 saturated heterocycles. The normalized spacial score (nSPS) is 10.5. The third-order valence-corrected chi connectivity index (χ3v) is 4.32. The molecule has 0 unspecified atom stereocenters. The number of benzene rings is 2. The molecule has 1 aromatic heterocycles. The second kappa shape index (κ2) is 8.29. The number of halogens is 2. The van der Waals surface area contributed by atoms with Gasteiger partial charge in [0.2, 0.25) is 5.91 Å². The van der Waals surface area contributed by atoms with Gasteiger partial charge in [-0.1, -0.05) is 42.3 Å². The summed E-state index contributed by atoms with van der Waals surface area (Å²) in [6.07, 6.45) is 0.350. The van der Waals surface area contributed by atoms with Gasteiger partial charge in [-0.3, -0.25) is 9.59 Å². The van der Waals surface area contributed by atoms with E-state index >= 15 is 0 Å². The molecule has 3 aromatic rings. The van der Waals surface area contributed by atoms with E-state index in [1.54, 1.807) is 55.5 Å². The van der Waals surface area contributed by atoms with Crippen LogP contribution in [0.2, 0.25) is 10.0 Å². The van der Waals surface area contributed by atoms with Crippen molar-refractivity contribution in [2.45, 2.75) is 13.3 Å². The van der Waals surface area contributed by atoms with Crippen LogP contribution in [0.3, 0.4) is 0 Å². The Labute approximate surface area is 166 Å². The number of carbonyl (C=O) groups excluding carboxylic acids is 2. The first-order chi connectivity index (χ1) is 13.0. The standard InChI is InChI=1S/C20H16Cl2N2O3/c1-2-19(25)23-14-6-7-15(22)16(11-14)24-20(26)18-9-8-17(27-18)12-4-3-5-13(21)10-12/h3-11H,2H2,1H3,(H,23,25)(H,24,26). The molecule has 2 amide bonds. The molecule has 7 heteroatoms. The van der Waals surface area contributed by atoms with E-state index in [0.717, 1.165) is 5.56 Å². The van der Waals surface area contributed by atoms with Crippen LogP contribution in [0.1, 0.15) is 23.9 Å². The fraction of sp³-hybridized carbons (Fsp3) is 0.100. The lowest BCUT2D eigenvalue weighted by molar-refractivity contribution is -0.115. The molecular weight excluding hydrogens is 387 g/mol. The second-order valence-corrected chi connectivity index (χ2v) is 6.57. The molecule has 0 saturated carbocycles. The Balaban J connectivity index is 1.78. The predicted octanol–water partition coefficient (Wildman–Crippen LogP) is 5.85. The lowest BCUT2D eigenvalue weighted by Gasteiger charge is -2.09. The van der Waals surface area contributed by atoms with Gasteiger partial charge in [-0.05, 0) is 42.5 Å². The minimum Gasteiger partial charge on any atom is -0.451 e. The molecule has 0 aliphatic heterocycles. The van der Waals surface area contributed by atoms with Crippen molar-refractivity contribution >= 4 is 46.4 Å². The van der Waals surface area contributed by atoms with Crippen LogP contribution in [0.25, 0.3) is 11.3 Å². The van der Waals surface area contributed by atoms with E-state index in [1.165, 1.54) is 0 Å². The molecule has 3 rings (SSSR count). The van der Waals surface area contributed by atoms with Crippen LogP contribution >= 0.6 is 23.2 Å². The van der Waals surface area contributed by atoms with Crippen molar-refractivity contribution in [1.82, 2.24) is 0 Å². The van der Waals surface area contributed by atoms with E-state index in [-0.39, 0.29) is 11.7 Å². The maximum atomic E-state index is 12.5. The Morgan fingerprint density at radius 2 is 1.81 bits per heavy atom. The van der Waals surface area contributed by atoms with Gasteiger partial charge in [0.1, 0.15) is 5.76 Å². The molecular formula is C20H16Cl2N2O3. The topological polar surface area (TPSA) is 71.3 Å². The van der Waals surface area contributed by atoms with Crippen LogP contribution in [-0.2, 0) is 4.79 Å². The molecule has 5 nitrogen and oxygen atoms in total. The monoisotopic (exact) mass is 402 g/mol. The summed E-state index contributed by atoms with van der Waals surface area (Å²) in [7, 11) is 0. The summed E-state index contributed by atoms with van der Waals surface area (Å²) in [6.45, 7) is 1.75. The zero-order chi connectivity index (χ0) is 19.4. The Bertz CT molecular complexity index is 998. The number of amides is 2. The third-order valence-electron chi connectivity index (χ3n) is 3.76. The van der Waals surface area contributed by atoms with E-state index in [0.29, 0.717) is 33.6 Å². The summed E-state index contributed by atoms with van der Waals surface area (Å²) in [5.74, 6) is 0.0673. The van der Waals surface area contributed by atoms with Gasteiger partial charge in [0, 0.05) is 22.7 Å². The predicted molar refractivity (Wildman–Crippen MR) is 107 cm³/mol. The summed E-state index contributed by atoms with van der Waals surface area (Å²) in [4.78, 5) is 24.0. The number of carbonyl (C=O) groups is 2. The van der Waals surface area contributed by atoms with Crippen molar-refractivity contribution in [3.05, 3.63) is 70.4 Å². The van der Waals surface area contributed by atoms with Crippen molar-refractivity contribution in [1.29, 1.82) is 0 Å². The first-order valence-electron chi connectivity index (χ1n) is 8.23. The van der Waals surface area contributed by atoms with Gasteiger partial charge in [0.25, 0.3) is 5.91 Å². The molecule has 0 radical (unpaired) electrons. The van der Waals surface area contributed by atoms with Gasteiger partial charge in [-0.15, -0.1) is 0 Å². The molecule has 0 aliphatic rings. The summed E-state index contributed by atoms with van der Waals surface area (Å²) in [6, 6.07) is 15.3. The summed E-state index contributed by atoms with van der Waals surface area (Å²) in [5, 5.41) is 6.33. The van der Waals surface area contributed by atoms with E-state index < -0.39 is 5.91 Å². The van der Waals surface area contributed by atoms with Crippen molar-refractivity contribution in [2.75, 3.05) is 10.6 Å². The quantitative estimate of drug-likeness (QED) is 0.561. The van der Waals surface area contributed by atoms with E-state index in [9.17, 15) is 9.59 Å². The molecule has 0 fully saturated rings. The first-order valence-corrected chi connectivity index (χ1v) is 8.98. The second-order valence-electron chi connectivity index (χ2n) is 5.72. The van der Waals surface area contributed by atoms with Crippen LogP contribution < -0.4 is 10.6 Å². The Hall–Kier alpha value is -2.76. The number of hydrogen-bond acceptors (Lipinski definition) is 3. The smallest absolute Gasteiger partial charge is 0.291 e. The van der Waals surface area contributed by atoms with Crippen molar-refractivity contribution in [2.24, 2.45) is 0 Å². The highest BCUT2D eigenvalue weighted by Gasteiger charge is 2.15. The van der Waals surface area contributed by atoms with Crippen LogP contribution in [0.5, 0.6) is 0 Å². The van der Waals surface area contributed by atoms with Gasteiger partial charge in [-0.25, -0.2) is 0 Å². The van der Waals surface area contributed by atoms with Crippen LogP contribution in [0.4, 0.5) is 11.4 Å². The SMILES string of the molecule is CCC(=O)Nc1ccc(Cl)c(NC(=O)c2ccc(-c3cccc(Cl)c3)o2)c1. The molecule has 1 heterocycles. The van der Waals surface area contributed by atoms with Gasteiger partial charge in [0.05, 0.1) is 10.7 Å². The highest BCUT2D eigenvalue weighted by atomic mass is 35.5. The van der Waals surface area contributed by atoms with Gasteiger partial charge in [0.15, 0.2) is 5.76 Å². The zero-order valence-corrected chi connectivity index (χ0v) is 15.9. The first kappa shape index (κ1) is 19.0. The Kier molecular flexibility index (Phi) is 5.84. The maximum Gasteiger partial charge on any atom is 0.291 e. The highest BCUT2D eigenvalue weighted by molar-refractivity contribution is 6.34. The lowest BCUT2D eigenvalue weighted by Crippen LogP contribution is -2.13. The average molecular weight is 403 g/mol. The minimum absolute atomic E-state index is 0.129. The lowest BCUT2D eigenvalue weighted by atomic mass is 10.2. The fourth-order valence-corrected chi connectivity index (χ4v) is 2.74. The number of rotatable bonds is 5. The van der Waals surface area contributed by atoms with E-state index in [2.05, 4.69) is 10.6 Å². The van der Waals surface area contributed by atoms with Crippen molar-refractivity contribution in [3.63, 3.8) is 0 Å². The summed E-state index contributed by atoms with van der Waals surface area (Å²) < 4.78 is 5.63. The largest absolute Gasteiger partial charge is 0.451 e. The Morgan fingerprint density at radius 1 is 1.00 bits per heavy atom. The molecule has 0 atom stereocenters. The molecule has 0 bridgehead atoms. The number of furan rings is 1. The minimum atomic E-state index is -0.454. The Morgan fingerprint density at radius 3 is 2.56 bits per heavy atom. The number of anilines is 2. The zero-order valence-electron chi connectivity index (χ0n) is 14.4. The van der Waals surface area contributed by atoms with E-state index in [4.69, 9.17) is 27.6 Å². The molecule has 2 aromatic carbocycles. The number of hydrogen-bond donors (Lipinski definition) is 2. The molecule has 27 heavy (non-hydrogen) atoms. The number of nitrogens with one attached hydrogen (secondary N) is 2. The third kappa shape index (κ3) is 4.70. The highest BCUT2D eigenvalue weighted by Crippen LogP contribution is 2.28. The van der Waals surface area contributed by atoms with Gasteiger partial charge in [-0.2, -0.15) is 0 Å². The molecule has 2 N–H and O–H groups in total. The maximum absolute atomic E-state index is 12.5. The van der Waals surface area contributed by atoms with Crippen molar-refractivity contribution in [3.8, 4) is 11.3 Å². The van der Waals surface area contributed by atoms with E-state index in [1.807, 2.05) is 6.07 Å². The molecule has 138 valence electrons. The van der Waals surface area contributed by atoms with Crippen LogP contribution in [-0.4, -0.2) is 11.8 Å². The molecule has 0 aliphatic carbocycles. The summed E-state index contributed by atoms with van der Waals surface area (Å²) in [5.41, 5.74) is 1.68. The van der Waals surface area contributed by atoms with Crippen LogP contribution in [0, 0.1) is 0 Å². The molecule has 0 spiro atoms. The fourth-order valence-electron chi connectivity index (χ4n) is 2.39. The summed E-state index contributed by atoms with van der Waals surface area (Å²) >= 11 is 12.1.